The van der Waals surface area contributed by atoms with Crippen molar-refractivity contribution in [2.75, 3.05) is 26.2 Å². The van der Waals surface area contributed by atoms with E-state index in [1.165, 1.54) is 49.1 Å². The summed E-state index contributed by atoms with van der Waals surface area (Å²) in [6.45, 7) is 4.34. The monoisotopic (exact) mass is 330 g/mol. The molecule has 1 aromatic rings. The van der Waals surface area contributed by atoms with Crippen molar-refractivity contribution >= 4 is 11.3 Å². The van der Waals surface area contributed by atoms with Crippen LogP contribution >= 0.6 is 11.3 Å². The normalized spacial score (nSPS) is 25.2. The Hall–Kier alpha value is -0.890. The SMILES string of the molecule is N#Cc1csc2c1C1(CCN(CC3CCCCC3)CC1)OCC2. The highest BCUT2D eigenvalue weighted by Gasteiger charge is 2.43. The molecule has 4 heteroatoms. The van der Waals surface area contributed by atoms with Gasteiger partial charge in [0.25, 0.3) is 0 Å². The third-order valence-electron chi connectivity index (χ3n) is 6.06. The summed E-state index contributed by atoms with van der Waals surface area (Å²) in [5.41, 5.74) is 1.95. The lowest BCUT2D eigenvalue weighted by Crippen LogP contribution is -2.47. The second kappa shape index (κ2) is 6.55. The third kappa shape index (κ3) is 2.95. The Morgan fingerprint density at radius 1 is 1.26 bits per heavy atom. The van der Waals surface area contributed by atoms with Crippen molar-refractivity contribution in [2.24, 2.45) is 5.92 Å². The van der Waals surface area contributed by atoms with Crippen molar-refractivity contribution in [1.82, 2.24) is 4.90 Å². The van der Waals surface area contributed by atoms with Crippen LogP contribution in [-0.2, 0) is 16.8 Å². The summed E-state index contributed by atoms with van der Waals surface area (Å²) in [6, 6.07) is 2.40. The third-order valence-corrected chi connectivity index (χ3v) is 7.10. The van der Waals surface area contributed by atoms with Crippen LogP contribution < -0.4 is 0 Å². The van der Waals surface area contributed by atoms with E-state index in [9.17, 15) is 5.26 Å². The van der Waals surface area contributed by atoms with Gasteiger partial charge in [0.15, 0.2) is 0 Å². The summed E-state index contributed by atoms with van der Waals surface area (Å²) in [5.74, 6) is 0.913. The molecule has 0 atom stereocenters. The summed E-state index contributed by atoms with van der Waals surface area (Å²) in [5, 5.41) is 11.5. The maximum Gasteiger partial charge on any atom is 0.100 e. The van der Waals surface area contributed by atoms with Crippen LogP contribution in [0.3, 0.4) is 0 Å². The Kier molecular flexibility index (Phi) is 4.45. The number of rotatable bonds is 2. The molecule has 1 saturated heterocycles. The van der Waals surface area contributed by atoms with Gasteiger partial charge in [0, 0.05) is 41.9 Å². The molecule has 124 valence electrons. The van der Waals surface area contributed by atoms with E-state index in [0.29, 0.717) is 0 Å². The van der Waals surface area contributed by atoms with Crippen molar-refractivity contribution in [3.05, 3.63) is 21.4 Å². The summed E-state index contributed by atoms with van der Waals surface area (Å²) in [4.78, 5) is 4.05. The fraction of sp³-hybridized carbons (Fsp3) is 0.737. The first-order valence-corrected chi connectivity index (χ1v) is 10.1. The highest BCUT2D eigenvalue weighted by molar-refractivity contribution is 7.10. The lowest BCUT2D eigenvalue weighted by molar-refractivity contribution is -0.0988. The van der Waals surface area contributed by atoms with Crippen LogP contribution in [-0.4, -0.2) is 31.1 Å². The minimum atomic E-state index is -0.165. The first-order valence-electron chi connectivity index (χ1n) is 9.18. The smallest absolute Gasteiger partial charge is 0.100 e. The quantitative estimate of drug-likeness (QED) is 0.820. The van der Waals surface area contributed by atoms with Gasteiger partial charge in [0.2, 0.25) is 0 Å². The molecule has 4 rings (SSSR count). The van der Waals surface area contributed by atoms with Gasteiger partial charge in [-0.1, -0.05) is 19.3 Å². The van der Waals surface area contributed by atoms with E-state index in [4.69, 9.17) is 4.74 Å². The predicted molar refractivity (Wildman–Crippen MR) is 92.6 cm³/mol. The maximum absolute atomic E-state index is 9.46. The molecular formula is C19H26N2OS. The Labute approximate surface area is 143 Å². The molecule has 0 N–H and O–H groups in total. The Morgan fingerprint density at radius 3 is 2.78 bits per heavy atom. The van der Waals surface area contributed by atoms with E-state index in [0.717, 1.165) is 50.4 Å². The van der Waals surface area contributed by atoms with Crippen LogP contribution in [0.2, 0.25) is 0 Å². The molecule has 2 aliphatic heterocycles. The number of nitriles is 1. The average molecular weight is 330 g/mol. The number of piperidine rings is 1. The van der Waals surface area contributed by atoms with Crippen molar-refractivity contribution in [2.45, 2.75) is 57.0 Å². The van der Waals surface area contributed by atoms with Crippen molar-refractivity contribution in [3.8, 4) is 6.07 Å². The van der Waals surface area contributed by atoms with Crippen LogP contribution in [0.15, 0.2) is 5.38 Å². The molecule has 3 heterocycles. The number of ether oxygens (including phenoxy) is 1. The van der Waals surface area contributed by atoms with Gasteiger partial charge in [0.1, 0.15) is 6.07 Å². The highest BCUT2D eigenvalue weighted by Crippen LogP contribution is 2.45. The van der Waals surface area contributed by atoms with Gasteiger partial charge < -0.3 is 9.64 Å². The molecule has 1 spiro atoms. The molecule has 0 bridgehead atoms. The lowest BCUT2D eigenvalue weighted by atomic mass is 9.80. The Morgan fingerprint density at radius 2 is 2.04 bits per heavy atom. The van der Waals surface area contributed by atoms with Crippen LogP contribution in [0.5, 0.6) is 0 Å². The zero-order valence-electron chi connectivity index (χ0n) is 13.9. The zero-order valence-corrected chi connectivity index (χ0v) is 14.7. The maximum atomic E-state index is 9.46. The second-order valence-corrected chi connectivity index (χ2v) is 8.42. The van der Waals surface area contributed by atoms with Crippen LogP contribution in [0.4, 0.5) is 0 Å². The van der Waals surface area contributed by atoms with E-state index in [1.54, 1.807) is 11.3 Å². The summed E-state index contributed by atoms with van der Waals surface area (Å²) >= 11 is 1.76. The van der Waals surface area contributed by atoms with E-state index in [-0.39, 0.29) is 5.60 Å². The molecule has 0 unspecified atom stereocenters. The topological polar surface area (TPSA) is 36.3 Å². The van der Waals surface area contributed by atoms with Gasteiger partial charge in [-0.05, 0) is 31.6 Å². The summed E-state index contributed by atoms with van der Waals surface area (Å²) < 4.78 is 6.30. The predicted octanol–water partition coefficient (Wildman–Crippen LogP) is 4.06. The lowest BCUT2D eigenvalue weighted by Gasteiger charge is -2.45. The van der Waals surface area contributed by atoms with Gasteiger partial charge in [-0.3, -0.25) is 0 Å². The first kappa shape index (κ1) is 15.6. The number of thiophene rings is 1. The molecule has 0 amide bonds. The van der Waals surface area contributed by atoms with Gasteiger partial charge >= 0.3 is 0 Å². The van der Waals surface area contributed by atoms with E-state index in [2.05, 4.69) is 11.0 Å². The Balaban J connectivity index is 1.45. The van der Waals surface area contributed by atoms with Crippen LogP contribution in [0.25, 0.3) is 0 Å². The number of hydrogen-bond acceptors (Lipinski definition) is 4. The molecule has 0 aromatic carbocycles. The van der Waals surface area contributed by atoms with Crippen LogP contribution in [0.1, 0.15) is 60.9 Å². The van der Waals surface area contributed by atoms with Gasteiger partial charge in [-0.25, -0.2) is 0 Å². The number of nitrogens with zero attached hydrogens (tertiary/aromatic N) is 2. The summed E-state index contributed by atoms with van der Waals surface area (Å²) in [7, 11) is 0. The van der Waals surface area contributed by atoms with Gasteiger partial charge in [0.05, 0.1) is 17.8 Å². The molecule has 1 aliphatic carbocycles. The largest absolute Gasteiger partial charge is 0.370 e. The number of likely N-dealkylation sites (tertiary alicyclic amines) is 1. The zero-order chi connectivity index (χ0) is 15.7. The minimum absolute atomic E-state index is 0.165. The fourth-order valence-electron chi connectivity index (χ4n) is 4.80. The molecule has 2 fully saturated rings. The summed E-state index contributed by atoms with van der Waals surface area (Å²) in [6.07, 6.45) is 10.2. The molecule has 3 nitrogen and oxygen atoms in total. The van der Waals surface area contributed by atoms with Crippen LogP contribution in [0, 0.1) is 17.2 Å². The minimum Gasteiger partial charge on any atom is -0.370 e. The van der Waals surface area contributed by atoms with E-state index < -0.39 is 0 Å². The average Bonchev–Trinajstić information content (AvgIpc) is 3.03. The molecule has 3 aliphatic rings. The van der Waals surface area contributed by atoms with E-state index in [1.807, 2.05) is 5.38 Å². The van der Waals surface area contributed by atoms with Crippen molar-refractivity contribution in [3.63, 3.8) is 0 Å². The van der Waals surface area contributed by atoms with Crippen molar-refractivity contribution < 1.29 is 4.74 Å². The Bertz CT molecular complexity index is 589. The standard InChI is InChI=1S/C19H26N2OS/c20-12-16-14-23-17-6-11-22-19(18(16)17)7-9-21(10-8-19)13-15-4-2-1-3-5-15/h14-15H,1-11,13H2. The van der Waals surface area contributed by atoms with E-state index >= 15 is 0 Å². The van der Waals surface area contributed by atoms with Gasteiger partial charge in [-0.15, -0.1) is 11.3 Å². The van der Waals surface area contributed by atoms with Crippen molar-refractivity contribution in [1.29, 1.82) is 5.26 Å². The molecule has 23 heavy (non-hydrogen) atoms. The highest BCUT2D eigenvalue weighted by atomic mass is 32.1. The fourth-order valence-corrected chi connectivity index (χ4v) is 5.85. The number of hydrogen-bond donors (Lipinski definition) is 0. The molecule has 0 radical (unpaired) electrons. The second-order valence-electron chi connectivity index (χ2n) is 7.46. The first-order chi connectivity index (χ1) is 11.3. The molecule has 1 aromatic heterocycles. The molecular weight excluding hydrogens is 304 g/mol. The molecule has 1 saturated carbocycles. The van der Waals surface area contributed by atoms with Gasteiger partial charge in [-0.2, -0.15) is 5.26 Å². The number of fused-ring (bicyclic) bond motifs is 2.